The number of alkyl halides is 1. The van der Waals surface area contributed by atoms with Gasteiger partial charge >= 0.3 is 0 Å². The third kappa shape index (κ3) is 1.35. The average Bonchev–Trinajstić information content (AvgIpc) is 2.37. The SMILES string of the molecule is O[C@H]1CC[C@H]2C[C@@H](CBr)[C@H]1C2. The first kappa shape index (κ1) is 8.06. The number of aliphatic hydroxyl groups excluding tert-OH is 1. The molecule has 64 valence electrons. The second-order valence-electron chi connectivity index (χ2n) is 4.06. The average molecular weight is 219 g/mol. The zero-order chi connectivity index (χ0) is 7.84. The summed E-state index contributed by atoms with van der Waals surface area (Å²) in [5, 5.41) is 10.8. The van der Waals surface area contributed by atoms with Crippen LogP contribution in [0, 0.1) is 17.8 Å². The van der Waals surface area contributed by atoms with Crippen LogP contribution in [-0.4, -0.2) is 16.5 Å². The lowest BCUT2D eigenvalue weighted by atomic mass is 9.85. The Balaban J connectivity index is 2.06. The summed E-state index contributed by atoms with van der Waals surface area (Å²) in [6, 6.07) is 0. The normalized spacial score (nSPS) is 49.6. The van der Waals surface area contributed by atoms with Crippen LogP contribution >= 0.6 is 15.9 Å². The smallest absolute Gasteiger partial charge is 0.0571 e. The fourth-order valence-electron chi connectivity index (χ4n) is 2.78. The molecular formula is C9H15BrO. The van der Waals surface area contributed by atoms with E-state index in [1.54, 1.807) is 0 Å². The van der Waals surface area contributed by atoms with Gasteiger partial charge in [0.25, 0.3) is 0 Å². The summed E-state index contributed by atoms with van der Waals surface area (Å²) in [7, 11) is 0. The first-order valence-electron chi connectivity index (χ1n) is 4.55. The summed E-state index contributed by atoms with van der Waals surface area (Å²) in [4.78, 5) is 0. The molecule has 1 N–H and O–H groups in total. The van der Waals surface area contributed by atoms with E-state index in [0.717, 1.165) is 23.6 Å². The largest absolute Gasteiger partial charge is 0.393 e. The maximum absolute atomic E-state index is 9.68. The number of halogens is 1. The molecule has 2 saturated carbocycles. The maximum atomic E-state index is 9.68. The molecule has 2 aliphatic rings. The maximum Gasteiger partial charge on any atom is 0.0571 e. The Morgan fingerprint density at radius 3 is 2.82 bits per heavy atom. The molecule has 0 aromatic carbocycles. The lowest BCUT2D eigenvalue weighted by molar-refractivity contribution is 0.0640. The van der Waals surface area contributed by atoms with E-state index in [9.17, 15) is 5.11 Å². The Morgan fingerprint density at radius 1 is 1.27 bits per heavy atom. The van der Waals surface area contributed by atoms with Crippen molar-refractivity contribution in [3.05, 3.63) is 0 Å². The summed E-state index contributed by atoms with van der Waals surface area (Å²) >= 11 is 3.53. The van der Waals surface area contributed by atoms with Crippen LogP contribution in [-0.2, 0) is 0 Å². The van der Waals surface area contributed by atoms with Gasteiger partial charge < -0.3 is 5.11 Å². The van der Waals surface area contributed by atoms with Gasteiger partial charge in [-0.15, -0.1) is 0 Å². The quantitative estimate of drug-likeness (QED) is 0.670. The molecule has 0 aromatic rings. The summed E-state index contributed by atoms with van der Waals surface area (Å²) in [6.07, 6.45) is 4.97. The van der Waals surface area contributed by atoms with E-state index in [0.29, 0.717) is 5.92 Å². The molecule has 4 atom stereocenters. The van der Waals surface area contributed by atoms with Crippen molar-refractivity contribution in [1.82, 2.24) is 0 Å². The van der Waals surface area contributed by atoms with Gasteiger partial charge in [0.2, 0.25) is 0 Å². The van der Waals surface area contributed by atoms with Gasteiger partial charge in [-0.3, -0.25) is 0 Å². The molecule has 0 saturated heterocycles. The lowest BCUT2D eigenvalue weighted by Crippen LogP contribution is -2.26. The Bertz CT molecular complexity index is 146. The molecule has 2 rings (SSSR count). The molecule has 0 aromatic heterocycles. The topological polar surface area (TPSA) is 20.2 Å². The first-order chi connectivity index (χ1) is 5.31. The number of aliphatic hydroxyl groups is 1. The highest BCUT2D eigenvalue weighted by Crippen LogP contribution is 2.46. The van der Waals surface area contributed by atoms with Gasteiger partial charge in [-0.2, -0.15) is 0 Å². The summed E-state index contributed by atoms with van der Waals surface area (Å²) in [5.41, 5.74) is 0. The van der Waals surface area contributed by atoms with Gasteiger partial charge in [0.05, 0.1) is 6.10 Å². The minimum absolute atomic E-state index is 0.0105. The lowest BCUT2D eigenvalue weighted by Gasteiger charge is -2.26. The molecule has 0 spiro atoms. The van der Waals surface area contributed by atoms with Crippen LogP contribution in [0.25, 0.3) is 0 Å². The van der Waals surface area contributed by atoms with Gasteiger partial charge in [0.15, 0.2) is 0 Å². The van der Waals surface area contributed by atoms with Crippen LogP contribution in [0.1, 0.15) is 25.7 Å². The van der Waals surface area contributed by atoms with E-state index in [1.165, 1.54) is 19.3 Å². The van der Waals surface area contributed by atoms with E-state index in [4.69, 9.17) is 0 Å². The molecule has 0 aliphatic heterocycles. The molecule has 0 radical (unpaired) electrons. The summed E-state index contributed by atoms with van der Waals surface area (Å²) in [5.74, 6) is 2.32. The van der Waals surface area contributed by atoms with Crippen molar-refractivity contribution in [1.29, 1.82) is 0 Å². The van der Waals surface area contributed by atoms with Gasteiger partial charge in [-0.1, -0.05) is 15.9 Å². The van der Waals surface area contributed by atoms with Crippen molar-refractivity contribution in [2.24, 2.45) is 17.8 Å². The Labute approximate surface area is 76.3 Å². The highest BCUT2D eigenvalue weighted by molar-refractivity contribution is 9.09. The Hall–Kier alpha value is 0.440. The predicted octanol–water partition coefficient (Wildman–Crippen LogP) is 2.18. The van der Waals surface area contributed by atoms with Crippen molar-refractivity contribution < 1.29 is 5.11 Å². The molecule has 11 heavy (non-hydrogen) atoms. The Kier molecular flexibility index (Phi) is 2.24. The minimum atomic E-state index is 0.0105. The summed E-state index contributed by atoms with van der Waals surface area (Å²) in [6.45, 7) is 0. The fourth-order valence-corrected chi connectivity index (χ4v) is 3.53. The zero-order valence-corrected chi connectivity index (χ0v) is 8.26. The second kappa shape index (κ2) is 3.06. The van der Waals surface area contributed by atoms with Crippen LogP contribution in [0.3, 0.4) is 0 Å². The fraction of sp³-hybridized carbons (Fsp3) is 1.00. The van der Waals surface area contributed by atoms with E-state index >= 15 is 0 Å². The van der Waals surface area contributed by atoms with E-state index in [1.807, 2.05) is 0 Å². The molecule has 0 amide bonds. The Morgan fingerprint density at radius 2 is 2.09 bits per heavy atom. The molecule has 2 heteroatoms. The van der Waals surface area contributed by atoms with Crippen molar-refractivity contribution in [3.8, 4) is 0 Å². The van der Waals surface area contributed by atoms with Gasteiger partial charge in [-0.05, 0) is 43.4 Å². The predicted molar refractivity (Wildman–Crippen MR) is 48.7 cm³/mol. The zero-order valence-electron chi connectivity index (χ0n) is 6.67. The first-order valence-corrected chi connectivity index (χ1v) is 5.67. The molecule has 2 aliphatic carbocycles. The van der Waals surface area contributed by atoms with E-state index in [-0.39, 0.29) is 6.10 Å². The highest BCUT2D eigenvalue weighted by atomic mass is 79.9. The minimum Gasteiger partial charge on any atom is -0.393 e. The summed E-state index contributed by atoms with van der Waals surface area (Å²) < 4.78 is 0. The van der Waals surface area contributed by atoms with Crippen molar-refractivity contribution in [2.45, 2.75) is 31.8 Å². The van der Waals surface area contributed by atoms with E-state index in [2.05, 4.69) is 15.9 Å². The standard InChI is InChI=1S/C9H15BrO/c10-5-7-3-6-1-2-9(11)8(7)4-6/h6-9,11H,1-5H2/t6-,7-,8+,9-/m0/s1. The number of hydrogen-bond acceptors (Lipinski definition) is 1. The van der Waals surface area contributed by atoms with Gasteiger partial charge in [0.1, 0.15) is 0 Å². The number of fused-ring (bicyclic) bond motifs is 2. The second-order valence-corrected chi connectivity index (χ2v) is 4.71. The van der Waals surface area contributed by atoms with Crippen molar-refractivity contribution >= 4 is 15.9 Å². The van der Waals surface area contributed by atoms with Crippen LogP contribution in [0.2, 0.25) is 0 Å². The molecule has 0 unspecified atom stereocenters. The van der Waals surface area contributed by atoms with Crippen LogP contribution < -0.4 is 0 Å². The third-order valence-corrected chi connectivity index (χ3v) is 4.24. The number of rotatable bonds is 1. The highest BCUT2D eigenvalue weighted by Gasteiger charge is 2.41. The molecule has 0 heterocycles. The van der Waals surface area contributed by atoms with E-state index < -0.39 is 0 Å². The van der Waals surface area contributed by atoms with Crippen molar-refractivity contribution in [2.75, 3.05) is 5.33 Å². The third-order valence-electron chi connectivity index (χ3n) is 3.41. The number of hydrogen-bond donors (Lipinski definition) is 1. The van der Waals surface area contributed by atoms with Gasteiger partial charge in [0, 0.05) is 5.33 Å². The monoisotopic (exact) mass is 218 g/mol. The van der Waals surface area contributed by atoms with Gasteiger partial charge in [-0.25, -0.2) is 0 Å². The molecule has 1 nitrogen and oxygen atoms in total. The molecular weight excluding hydrogens is 204 g/mol. The van der Waals surface area contributed by atoms with Crippen molar-refractivity contribution in [3.63, 3.8) is 0 Å². The van der Waals surface area contributed by atoms with Crippen LogP contribution in [0.4, 0.5) is 0 Å². The molecule has 2 bridgehead atoms. The van der Waals surface area contributed by atoms with Crippen LogP contribution in [0.15, 0.2) is 0 Å². The van der Waals surface area contributed by atoms with Crippen LogP contribution in [0.5, 0.6) is 0 Å². The molecule has 2 fully saturated rings.